The van der Waals surface area contributed by atoms with Crippen molar-refractivity contribution in [3.8, 4) is 5.75 Å². The zero-order chi connectivity index (χ0) is 17.1. The van der Waals surface area contributed by atoms with E-state index < -0.39 is 0 Å². The molecule has 0 radical (unpaired) electrons. The SMILES string of the molecule is COc1ccccc1N1CCN(C(=O)c2ccc(C)cc2Cl)CC1. The number of hydrogen-bond donors (Lipinski definition) is 0. The van der Waals surface area contributed by atoms with Crippen molar-refractivity contribution in [2.24, 2.45) is 0 Å². The third kappa shape index (κ3) is 3.34. The van der Waals surface area contributed by atoms with Crippen LogP contribution in [0.3, 0.4) is 0 Å². The fraction of sp³-hybridized carbons (Fsp3) is 0.316. The summed E-state index contributed by atoms with van der Waals surface area (Å²) in [6.07, 6.45) is 0. The fourth-order valence-electron chi connectivity index (χ4n) is 3.01. The van der Waals surface area contributed by atoms with Crippen molar-refractivity contribution in [1.29, 1.82) is 0 Å². The molecule has 0 aliphatic carbocycles. The Labute approximate surface area is 147 Å². The van der Waals surface area contributed by atoms with E-state index in [1.807, 2.05) is 54.3 Å². The molecule has 0 unspecified atom stereocenters. The summed E-state index contributed by atoms with van der Waals surface area (Å²) in [5.74, 6) is 0.860. The van der Waals surface area contributed by atoms with E-state index in [1.165, 1.54) is 0 Å². The first-order chi connectivity index (χ1) is 11.6. The maximum Gasteiger partial charge on any atom is 0.255 e. The molecule has 2 aromatic carbocycles. The first kappa shape index (κ1) is 16.7. The minimum atomic E-state index is -0.000299. The summed E-state index contributed by atoms with van der Waals surface area (Å²) in [5.41, 5.74) is 2.70. The number of anilines is 1. The number of amides is 1. The fourth-order valence-corrected chi connectivity index (χ4v) is 3.32. The normalized spacial score (nSPS) is 14.6. The number of hydrogen-bond acceptors (Lipinski definition) is 3. The molecule has 0 bridgehead atoms. The lowest BCUT2D eigenvalue weighted by Gasteiger charge is -2.36. The average molecular weight is 345 g/mol. The van der Waals surface area contributed by atoms with Crippen LogP contribution in [0.25, 0.3) is 0 Å². The van der Waals surface area contributed by atoms with E-state index in [0.717, 1.165) is 30.1 Å². The second-order valence-corrected chi connectivity index (χ2v) is 6.34. The van der Waals surface area contributed by atoms with Crippen LogP contribution in [-0.2, 0) is 0 Å². The maximum atomic E-state index is 12.7. The van der Waals surface area contributed by atoms with E-state index >= 15 is 0 Å². The molecule has 1 amide bonds. The number of halogens is 1. The highest BCUT2D eigenvalue weighted by Gasteiger charge is 2.24. The standard InChI is InChI=1S/C19H21ClN2O2/c1-14-7-8-15(16(20)13-14)19(23)22-11-9-21(10-12-22)17-5-3-4-6-18(17)24-2/h3-8,13H,9-12H2,1-2H3. The van der Waals surface area contributed by atoms with Gasteiger partial charge in [0.1, 0.15) is 5.75 Å². The Balaban J connectivity index is 1.69. The quantitative estimate of drug-likeness (QED) is 0.852. The number of ether oxygens (including phenoxy) is 1. The Morgan fingerprint density at radius 3 is 2.46 bits per heavy atom. The number of carbonyl (C=O) groups is 1. The summed E-state index contributed by atoms with van der Waals surface area (Å²) in [5, 5.41) is 0.521. The topological polar surface area (TPSA) is 32.8 Å². The van der Waals surface area contributed by atoms with Crippen molar-refractivity contribution >= 4 is 23.2 Å². The van der Waals surface area contributed by atoms with Gasteiger partial charge in [0, 0.05) is 26.2 Å². The van der Waals surface area contributed by atoms with Gasteiger partial charge in [0.15, 0.2) is 0 Å². The molecule has 1 saturated heterocycles. The first-order valence-electron chi connectivity index (χ1n) is 8.03. The Morgan fingerprint density at radius 1 is 1.08 bits per heavy atom. The summed E-state index contributed by atoms with van der Waals surface area (Å²) < 4.78 is 5.43. The van der Waals surface area contributed by atoms with Gasteiger partial charge in [-0.15, -0.1) is 0 Å². The number of nitrogens with zero attached hydrogens (tertiary/aromatic N) is 2. The summed E-state index contributed by atoms with van der Waals surface area (Å²) in [6, 6.07) is 13.5. The van der Waals surface area contributed by atoms with E-state index in [1.54, 1.807) is 7.11 Å². The molecule has 1 heterocycles. The highest BCUT2D eigenvalue weighted by atomic mass is 35.5. The molecule has 126 valence electrons. The second-order valence-electron chi connectivity index (χ2n) is 5.93. The lowest BCUT2D eigenvalue weighted by molar-refractivity contribution is 0.0747. The molecule has 5 heteroatoms. The van der Waals surface area contributed by atoms with Crippen LogP contribution >= 0.6 is 11.6 Å². The highest BCUT2D eigenvalue weighted by Crippen LogP contribution is 2.29. The van der Waals surface area contributed by atoms with Gasteiger partial charge in [0.2, 0.25) is 0 Å². The second kappa shape index (κ2) is 7.14. The van der Waals surface area contributed by atoms with Crippen LogP contribution in [0, 0.1) is 6.92 Å². The molecule has 0 aromatic heterocycles. The van der Waals surface area contributed by atoms with Crippen LogP contribution in [0.4, 0.5) is 5.69 Å². The van der Waals surface area contributed by atoms with Gasteiger partial charge in [-0.05, 0) is 36.8 Å². The predicted molar refractivity (Wildman–Crippen MR) is 97.3 cm³/mol. The van der Waals surface area contributed by atoms with Gasteiger partial charge in [-0.25, -0.2) is 0 Å². The minimum absolute atomic E-state index is 0.000299. The van der Waals surface area contributed by atoms with Gasteiger partial charge >= 0.3 is 0 Å². The third-order valence-corrected chi connectivity index (χ3v) is 4.66. The first-order valence-corrected chi connectivity index (χ1v) is 8.41. The molecule has 4 nitrogen and oxygen atoms in total. The van der Waals surface area contributed by atoms with Crippen molar-refractivity contribution in [2.45, 2.75) is 6.92 Å². The van der Waals surface area contributed by atoms with E-state index in [4.69, 9.17) is 16.3 Å². The lowest BCUT2D eigenvalue weighted by atomic mass is 10.1. The van der Waals surface area contributed by atoms with Crippen molar-refractivity contribution in [2.75, 3.05) is 38.2 Å². The van der Waals surface area contributed by atoms with E-state index in [0.29, 0.717) is 23.7 Å². The highest BCUT2D eigenvalue weighted by molar-refractivity contribution is 6.33. The molecule has 1 aliphatic rings. The number of para-hydroxylation sites is 2. The maximum absolute atomic E-state index is 12.7. The number of benzene rings is 2. The van der Waals surface area contributed by atoms with Crippen molar-refractivity contribution in [1.82, 2.24) is 4.90 Å². The van der Waals surface area contributed by atoms with Crippen LogP contribution in [0.1, 0.15) is 15.9 Å². The smallest absolute Gasteiger partial charge is 0.255 e. The Hall–Kier alpha value is -2.20. The van der Waals surface area contributed by atoms with Crippen LogP contribution in [-0.4, -0.2) is 44.1 Å². The summed E-state index contributed by atoms with van der Waals surface area (Å²) >= 11 is 6.23. The zero-order valence-electron chi connectivity index (χ0n) is 14.0. The number of piperazine rings is 1. The van der Waals surface area contributed by atoms with Crippen molar-refractivity contribution in [3.05, 3.63) is 58.6 Å². The molecule has 0 saturated carbocycles. The number of carbonyl (C=O) groups excluding carboxylic acids is 1. The average Bonchev–Trinajstić information content (AvgIpc) is 2.61. The van der Waals surface area contributed by atoms with Gasteiger partial charge in [0.25, 0.3) is 5.91 Å². The van der Waals surface area contributed by atoms with Crippen LogP contribution < -0.4 is 9.64 Å². The molecule has 2 aromatic rings. The van der Waals surface area contributed by atoms with Gasteiger partial charge in [-0.1, -0.05) is 29.8 Å². The molecule has 0 N–H and O–H groups in total. The monoisotopic (exact) mass is 344 g/mol. The van der Waals surface area contributed by atoms with Gasteiger partial charge in [-0.3, -0.25) is 4.79 Å². The lowest BCUT2D eigenvalue weighted by Crippen LogP contribution is -2.49. The van der Waals surface area contributed by atoms with Crippen molar-refractivity contribution < 1.29 is 9.53 Å². The molecular formula is C19H21ClN2O2. The van der Waals surface area contributed by atoms with Crippen LogP contribution in [0.15, 0.2) is 42.5 Å². The molecule has 1 aliphatic heterocycles. The Bertz CT molecular complexity index is 740. The number of rotatable bonds is 3. The largest absolute Gasteiger partial charge is 0.495 e. The minimum Gasteiger partial charge on any atom is -0.495 e. The van der Waals surface area contributed by atoms with Gasteiger partial charge < -0.3 is 14.5 Å². The molecule has 0 atom stereocenters. The summed E-state index contributed by atoms with van der Waals surface area (Å²) in [6.45, 7) is 4.85. The number of methoxy groups -OCH3 is 1. The molecule has 1 fully saturated rings. The summed E-state index contributed by atoms with van der Waals surface area (Å²) in [7, 11) is 1.68. The zero-order valence-corrected chi connectivity index (χ0v) is 14.7. The van der Waals surface area contributed by atoms with E-state index in [2.05, 4.69) is 4.90 Å². The van der Waals surface area contributed by atoms with E-state index in [-0.39, 0.29) is 5.91 Å². The van der Waals surface area contributed by atoms with Gasteiger partial charge in [-0.2, -0.15) is 0 Å². The van der Waals surface area contributed by atoms with Crippen LogP contribution in [0.5, 0.6) is 5.75 Å². The molecule has 24 heavy (non-hydrogen) atoms. The molecule has 0 spiro atoms. The predicted octanol–water partition coefficient (Wildman–Crippen LogP) is 3.62. The van der Waals surface area contributed by atoms with Crippen molar-refractivity contribution in [3.63, 3.8) is 0 Å². The molecular weight excluding hydrogens is 324 g/mol. The molecule has 3 rings (SSSR count). The number of aryl methyl sites for hydroxylation is 1. The Kier molecular flexibility index (Phi) is 4.95. The third-order valence-electron chi connectivity index (χ3n) is 4.35. The van der Waals surface area contributed by atoms with Gasteiger partial charge in [0.05, 0.1) is 23.4 Å². The summed E-state index contributed by atoms with van der Waals surface area (Å²) in [4.78, 5) is 16.8. The van der Waals surface area contributed by atoms with E-state index in [9.17, 15) is 4.79 Å². The van der Waals surface area contributed by atoms with Crippen LogP contribution in [0.2, 0.25) is 5.02 Å². The Morgan fingerprint density at radius 2 is 1.79 bits per heavy atom.